The summed E-state index contributed by atoms with van der Waals surface area (Å²) < 4.78 is 4.49. The number of hydrogen-bond donors (Lipinski definition) is 0. The summed E-state index contributed by atoms with van der Waals surface area (Å²) in [6.07, 6.45) is 2.48. The minimum Gasteiger partial charge on any atom is -0.464 e. The van der Waals surface area contributed by atoms with E-state index in [1.807, 2.05) is 6.92 Å². The third-order valence-electron chi connectivity index (χ3n) is 1.40. The van der Waals surface area contributed by atoms with E-state index >= 15 is 0 Å². The quantitative estimate of drug-likeness (QED) is 0.506. The largest absolute Gasteiger partial charge is 0.464 e. The highest BCUT2D eigenvalue weighted by atomic mass is 16.5. The monoisotopic (exact) mass is 139 g/mol. The van der Waals surface area contributed by atoms with Crippen molar-refractivity contribution < 1.29 is 9.53 Å². The highest BCUT2D eigenvalue weighted by molar-refractivity contribution is 5.93. The Labute approximate surface area is 59.4 Å². The summed E-state index contributed by atoms with van der Waals surface area (Å²) in [4.78, 5) is 14.7. The number of aliphatic imine (C=N–C) groups is 1. The van der Waals surface area contributed by atoms with Crippen molar-refractivity contribution in [3.63, 3.8) is 0 Å². The van der Waals surface area contributed by atoms with Crippen LogP contribution in [0.15, 0.2) is 16.3 Å². The van der Waals surface area contributed by atoms with Crippen LogP contribution in [0.25, 0.3) is 0 Å². The third kappa shape index (κ3) is 1.07. The van der Waals surface area contributed by atoms with E-state index in [1.54, 1.807) is 6.21 Å². The second-order valence-corrected chi connectivity index (χ2v) is 2.14. The smallest absolute Gasteiger partial charge is 0.356 e. The lowest BCUT2D eigenvalue weighted by Crippen LogP contribution is -2.02. The molecule has 0 spiro atoms. The molecule has 3 heteroatoms. The van der Waals surface area contributed by atoms with Crippen LogP contribution < -0.4 is 0 Å². The van der Waals surface area contributed by atoms with E-state index in [2.05, 4.69) is 9.73 Å². The molecule has 0 fully saturated rings. The molecule has 0 radical (unpaired) electrons. The first-order valence-corrected chi connectivity index (χ1v) is 3.06. The van der Waals surface area contributed by atoms with E-state index in [-0.39, 0.29) is 5.97 Å². The maximum atomic E-state index is 10.8. The zero-order valence-corrected chi connectivity index (χ0v) is 6.05. The summed E-state index contributed by atoms with van der Waals surface area (Å²) in [6.45, 7) is 1.87. The first-order valence-electron chi connectivity index (χ1n) is 3.06. The number of hydrogen-bond acceptors (Lipinski definition) is 3. The minimum atomic E-state index is -0.341. The van der Waals surface area contributed by atoms with Gasteiger partial charge in [0, 0.05) is 12.6 Å². The van der Waals surface area contributed by atoms with Gasteiger partial charge in [0.15, 0.2) is 0 Å². The molecule has 1 heterocycles. The van der Waals surface area contributed by atoms with Gasteiger partial charge in [0.1, 0.15) is 5.70 Å². The highest BCUT2D eigenvalue weighted by Crippen LogP contribution is 2.15. The number of allylic oxidation sites excluding steroid dienone is 1. The molecule has 0 aromatic heterocycles. The van der Waals surface area contributed by atoms with Gasteiger partial charge in [-0.3, -0.25) is 4.99 Å². The molecule has 0 bridgehead atoms. The van der Waals surface area contributed by atoms with Crippen LogP contribution in [-0.4, -0.2) is 19.3 Å². The topological polar surface area (TPSA) is 38.7 Å². The van der Waals surface area contributed by atoms with Gasteiger partial charge in [-0.25, -0.2) is 4.79 Å². The summed E-state index contributed by atoms with van der Waals surface area (Å²) >= 11 is 0. The van der Waals surface area contributed by atoms with Gasteiger partial charge in [-0.05, 0) is 12.5 Å². The van der Waals surface area contributed by atoms with Crippen molar-refractivity contribution in [3.8, 4) is 0 Å². The fourth-order valence-corrected chi connectivity index (χ4v) is 0.804. The molecule has 0 aromatic carbocycles. The number of ether oxygens (including phenoxy) is 1. The Balaban J connectivity index is 2.80. The van der Waals surface area contributed by atoms with Gasteiger partial charge in [-0.1, -0.05) is 0 Å². The first-order chi connectivity index (χ1) is 4.75. The predicted octanol–water partition coefficient (Wildman–Crippen LogP) is 0.908. The van der Waals surface area contributed by atoms with Crippen LogP contribution in [0.4, 0.5) is 0 Å². The van der Waals surface area contributed by atoms with Gasteiger partial charge in [-0.2, -0.15) is 0 Å². The van der Waals surface area contributed by atoms with Gasteiger partial charge < -0.3 is 4.74 Å². The van der Waals surface area contributed by atoms with Crippen molar-refractivity contribution in [2.75, 3.05) is 7.11 Å². The van der Waals surface area contributed by atoms with E-state index in [9.17, 15) is 4.79 Å². The average molecular weight is 139 g/mol. The van der Waals surface area contributed by atoms with Gasteiger partial charge in [0.05, 0.1) is 7.11 Å². The Hall–Kier alpha value is -1.12. The Bertz CT molecular complexity index is 216. The molecule has 0 saturated carbocycles. The molecule has 1 aliphatic heterocycles. The van der Waals surface area contributed by atoms with E-state index in [1.165, 1.54) is 7.11 Å². The number of rotatable bonds is 1. The maximum absolute atomic E-state index is 10.8. The van der Waals surface area contributed by atoms with E-state index in [4.69, 9.17) is 0 Å². The molecule has 0 saturated heterocycles. The van der Waals surface area contributed by atoms with E-state index in [0.29, 0.717) is 5.70 Å². The minimum absolute atomic E-state index is 0.341. The van der Waals surface area contributed by atoms with Gasteiger partial charge >= 0.3 is 5.97 Å². The van der Waals surface area contributed by atoms with Crippen molar-refractivity contribution in [1.82, 2.24) is 0 Å². The molecule has 0 unspecified atom stereocenters. The lowest BCUT2D eigenvalue weighted by molar-refractivity contribution is -0.136. The second kappa shape index (κ2) is 2.64. The van der Waals surface area contributed by atoms with Crippen LogP contribution in [0.3, 0.4) is 0 Å². The number of methoxy groups -OCH3 is 1. The van der Waals surface area contributed by atoms with Crippen molar-refractivity contribution >= 4 is 12.2 Å². The molecule has 0 N–H and O–H groups in total. The lowest BCUT2D eigenvalue weighted by atomic mass is 10.2. The van der Waals surface area contributed by atoms with Crippen LogP contribution in [0.5, 0.6) is 0 Å². The normalized spacial score (nSPS) is 16.2. The Morgan fingerprint density at radius 2 is 2.50 bits per heavy atom. The van der Waals surface area contributed by atoms with E-state index in [0.717, 1.165) is 12.0 Å². The molecule has 3 nitrogen and oxygen atoms in total. The summed E-state index contributed by atoms with van der Waals surface area (Å²) in [5.41, 5.74) is 1.44. The van der Waals surface area contributed by atoms with Crippen molar-refractivity contribution in [2.45, 2.75) is 13.3 Å². The van der Waals surface area contributed by atoms with Crippen LogP contribution in [0.2, 0.25) is 0 Å². The zero-order chi connectivity index (χ0) is 7.56. The average Bonchev–Trinajstić information content (AvgIpc) is 2.34. The molecule has 0 atom stereocenters. The summed E-state index contributed by atoms with van der Waals surface area (Å²) in [6, 6.07) is 0. The van der Waals surface area contributed by atoms with Crippen molar-refractivity contribution in [3.05, 3.63) is 11.3 Å². The zero-order valence-electron chi connectivity index (χ0n) is 6.05. The summed E-state index contributed by atoms with van der Waals surface area (Å²) in [5.74, 6) is -0.341. The van der Waals surface area contributed by atoms with Crippen LogP contribution >= 0.6 is 0 Å². The fraction of sp³-hybridized carbons (Fsp3) is 0.429. The van der Waals surface area contributed by atoms with Gasteiger partial charge in [-0.15, -0.1) is 0 Å². The molecular weight excluding hydrogens is 130 g/mol. The maximum Gasteiger partial charge on any atom is 0.356 e. The standard InChI is InChI=1S/C7H9NO2/c1-5-3-4-8-6(5)7(9)10-2/h4H,3H2,1-2H3. The number of nitrogens with zero attached hydrogens (tertiary/aromatic N) is 1. The molecule has 1 rings (SSSR count). The second-order valence-electron chi connectivity index (χ2n) is 2.14. The Morgan fingerprint density at radius 3 is 2.90 bits per heavy atom. The summed E-state index contributed by atoms with van der Waals surface area (Å²) in [5, 5.41) is 0. The third-order valence-corrected chi connectivity index (χ3v) is 1.40. The van der Waals surface area contributed by atoms with Crippen LogP contribution in [0.1, 0.15) is 13.3 Å². The first kappa shape index (κ1) is 6.99. The van der Waals surface area contributed by atoms with Gasteiger partial charge in [0.25, 0.3) is 0 Å². The van der Waals surface area contributed by atoms with Crippen molar-refractivity contribution in [2.24, 2.45) is 4.99 Å². The molecule has 1 aliphatic rings. The highest BCUT2D eigenvalue weighted by Gasteiger charge is 2.14. The summed E-state index contributed by atoms with van der Waals surface area (Å²) in [7, 11) is 1.36. The van der Waals surface area contributed by atoms with Gasteiger partial charge in [0.2, 0.25) is 0 Å². The van der Waals surface area contributed by atoms with Crippen LogP contribution in [0, 0.1) is 0 Å². The molecular formula is C7H9NO2. The SMILES string of the molecule is COC(=O)C1=C(C)CC=N1. The van der Waals surface area contributed by atoms with Crippen LogP contribution in [-0.2, 0) is 9.53 Å². The van der Waals surface area contributed by atoms with Crippen molar-refractivity contribution in [1.29, 1.82) is 0 Å². The Kier molecular flexibility index (Phi) is 1.85. The Morgan fingerprint density at radius 1 is 1.80 bits per heavy atom. The lowest BCUT2D eigenvalue weighted by Gasteiger charge is -1.96. The fourth-order valence-electron chi connectivity index (χ4n) is 0.804. The predicted molar refractivity (Wildman–Crippen MR) is 37.8 cm³/mol. The molecule has 10 heavy (non-hydrogen) atoms. The molecule has 54 valence electrons. The molecule has 0 aliphatic carbocycles. The molecule has 0 aromatic rings. The number of carbonyl (C=O) groups excluding carboxylic acids is 1. The number of esters is 1. The van der Waals surface area contributed by atoms with E-state index < -0.39 is 0 Å². The molecule has 0 amide bonds. The number of carbonyl (C=O) groups is 1.